The van der Waals surface area contributed by atoms with Crippen LogP contribution in [0.1, 0.15) is 19.4 Å². The van der Waals surface area contributed by atoms with Crippen LogP contribution in [-0.4, -0.2) is 43.3 Å². The maximum absolute atomic E-state index is 8.63. The first-order chi connectivity index (χ1) is 9.69. The van der Waals surface area contributed by atoms with Crippen LogP contribution < -0.4 is 4.74 Å². The topological polar surface area (TPSA) is 45.5 Å². The van der Waals surface area contributed by atoms with E-state index >= 15 is 0 Å². The minimum absolute atomic E-state index is 0.130. The van der Waals surface area contributed by atoms with Crippen LogP contribution in [0.15, 0.2) is 24.3 Å². The van der Waals surface area contributed by atoms with Crippen molar-refractivity contribution in [2.24, 2.45) is 0 Å². The van der Waals surface area contributed by atoms with Crippen molar-refractivity contribution in [2.75, 3.05) is 26.3 Å². The average molecular weight is 274 g/mol. The van der Waals surface area contributed by atoms with E-state index in [-0.39, 0.29) is 6.10 Å². The summed E-state index contributed by atoms with van der Waals surface area (Å²) in [6.07, 6.45) is 0.569. The Morgan fingerprint density at radius 1 is 1.40 bits per heavy atom. The van der Waals surface area contributed by atoms with E-state index in [1.54, 1.807) is 0 Å². The van der Waals surface area contributed by atoms with Crippen LogP contribution in [-0.2, 0) is 11.2 Å². The molecule has 108 valence electrons. The van der Waals surface area contributed by atoms with E-state index in [9.17, 15) is 0 Å². The van der Waals surface area contributed by atoms with Crippen molar-refractivity contribution >= 4 is 0 Å². The molecule has 4 nitrogen and oxygen atoms in total. The summed E-state index contributed by atoms with van der Waals surface area (Å²) in [6, 6.07) is 10.4. The lowest BCUT2D eigenvalue weighted by Gasteiger charge is -2.35. The molecule has 0 radical (unpaired) electrons. The Kier molecular flexibility index (Phi) is 5.40. The molecular formula is C16H22N2O2. The van der Waals surface area contributed by atoms with Gasteiger partial charge in [-0.1, -0.05) is 12.1 Å². The largest absolute Gasteiger partial charge is 0.491 e. The standard InChI is InChI=1S/C16H22N2O2/c1-13(2)18-9-10-19-16(11-18)12-20-15-5-3-14(4-6-15)7-8-17/h3-6,13,16H,7,9-12H2,1-2H3. The zero-order chi connectivity index (χ0) is 14.4. The van der Waals surface area contributed by atoms with Crippen LogP contribution in [0.3, 0.4) is 0 Å². The second kappa shape index (κ2) is 7.28. The summed E-state index contributed by atoms with van der Waals surface area (Å²) in [6.45, 7) is 7.67. The molecule has 0 spiro atoms. The summed E-state index contributed by atoms with van der Waals surface area (Å²) in [5.41, 5.74) is 1.01. The van der Waals surface area contributed by atoms with E-state index in [2.05, 4.69) is 24.8 Å². The Labute approximate surface area is 120 Å². The van der Waals surface area contributed by atoms with Crippen LogP contribution in [0.4, 0.5) is 0 Å². The number of morpholine rings is 1. The van der Waals surface area contributed by atoms with Crippen molar-refractivity contribution < 1.29 is 9.47 Å². The van der Waals surface area contributed by atoms with Gasteiger partial charge < -0.3 is 9.47 Å². The smallest absolute Gasteiger partial charge is 0.119 e. The number of benzene rings is 1. The highest BCUT2D eigenvalue weighted by Crippen LogP contribution is 2.15. The van der Waals surface area contributed by atoms with E-state index in [1.807, 2.05) is 24.3 Å². The first-order valence-electron chi connectivity index (χ1n) is 7.13. The third kappa shape index (κ3) is 4.22. The molecule has 1 aliphatic rings. The van der Waals surface area contributed by atoms with Gasteiger partial charge in [0.05, 0.1) is 19.1 Å². The SMILES string of the molecule is CC(C)N1CCOC(COc2ccc(CC#N)cc2)C1. The fourth-order valence-corrected chi connectivity index (χ4v) is 2.30. The third-order valence-electron chi connectivity index (χ3n) is 3.54. The third-order valence-corrected chi connectivity index (χ3v) is 3.54. The maximum Gasteiger partial charge on any atom is 0.119 e. The number of nitrogens with zero attached hydrogens (tertiary/aromatic N) is 2. The Hall–Kier alpha value is -1.57. The van der Waals surface area contributed by atoms with Gasteiger partial charge in [-0.25, -0.2) is 0 Å². The highest BCUT2D eigenvalue weighted by Gasteiger charge is 2.22. The van der Waals surface area contributed by atoms with Gasteiger partial charge in [-0.15, -0.1) is 0 Å². The predicted octanol–water partition coefficient (Wildman–Crippen LogP) is 2.24. The summed E-state index contributed by atoms with van der Waals surface area (Å²) in [7, 11) is 0. The van der Waals surface area contributed by atoms with Gasteiger partial charge in [0.15, 0.2) is 0 Å². The number of hydrogen-bond donors (Lipinski definition) is 0. The number of rotatable bonds is 5. The monoisotopic (exact) mass is 274 g/mol. The van der Waals surface area contributed by atoms with Gasteiger partial charge in [-0.05, 0) is 31.5 Å². The van der Waals surface area contributed by atoms with Crippen molar-refractivity contribution in [3.63, 3.8) is 0 Å². The Balaban J connectivity index is 1.81. The van der Waals surface area contributed by atoms with Gasteiger partial charge in [-0.3, -0.25) is 4.90 Å². The average Bonchev–Trinajstić information content (AvgIpc) is 2.47. The summed E-state index contributed by atoms with van der Waals surface area (Å²) in [4.78, 5) is 2.41. The molecule has 0 aromatic heterocycles. The molecule has 0 saturated carbocycles. The Morgan fingerprint density at radius 2 is 2.15 bits per heavy atom. The fourth-order valence-electron chi connectivity index (χ4n) is 2.30. The molecule has 2 rings (SSSR count). The molecule has 0 N–H and O–H groups in total. The van der Waals surface area contributed by atoms with Crippen LogP contribution in [0.2, 0.25) is 0 Å². The highest BCUT2D eigenvalue weighted by atomic mass is 16.5. The molecule has 1 aromatic carbocycles. The zero-order valence-corrected chi connectivity index (χ0v) is 12.2. The van der Waals surface area contributed by atoms with Crippen molar-refractivity contribution in [1.29, 1.82) is 5.26 Å². The Morgan fingerprint density at radius 3 is 2.80 bits per heavy atom. The minimum atomic E-state index is 0.130. The van der Waals surface area contributed by atoms with E-state index in [0.29, 0.717) is 19.1 Å². The molecule has 1 saturated heterocycles. The van der Waals surface area contributed by atoms with E-state index in [1.165, 1.54) is 0 Å². The van der Waals surface area contributed by atoms with Crippen molar-refractivity contribution in [3.8, 4) is 11.8 Å². The second-order valence-electron chi connectivity index (χ2n) is 5.37. The van der Waals surface area contributed by atoms with E-state index in [4.69, 9.17) is 14.7 Å². The molecule has 4 heteroatoms. The van der Waals surface area contributed by atoms with Crippen LogP contribution in [0.25, 0.3) is 0 Å². The van der Waals surface area contributed by atoms with Gasteiger partial charge in [0.2, 0.25) is 0 Å². The summed E-state index contributed by atoms with van der Waals surface area (Å²) >= 11 is 0. The molecule has 0 amide bonds. The van der Waals surface area contributed by atoms with Crippen LogP contribution in [0.5, 0.6) is 5.75 Å². The molecule has 1 aliphatic heterocycles. The highest BCUT2D eigenvalue weighted by molar-refractivity contribution is 5.28. The predicted molar refractivity (Wildman–Crippen MR) is 77.7 cm³/mol. The van der Waals surface area contributed by atoms with Gasteiger partial charge in [0, 0.05) is 19.1 Å². The molecule has 1 aromatic rings. The summed E-state index contributed by atoms with van der Waals surface area (Å²) < 4.78 is 11.5. The number of hydrogen-bond acceptors (Lipinski definition) is 4. The van der Waals surface area contributed by atoms with Crippen LogP contribution >= 0.6 is 0 Å². The number of ether oxygens (including phenoxy) is 2. The molecule has 1 unspecified atom stereocenters. The Bertz CT molecular complexity index is 451. The molecule has 0 bridgehead atoms. The van der Waals surface area contributed by atoms with Crippen LogP contribution in [0, 0.1) is 11.3 Å². The number of nitriles is 1. The normalized spacial score (nSPS) is 19.8. The lowest BCUT2D eigenvalue weighted by atomic mass is 10.2. The lowest BCUT2D eigenvalue weighted by molar-refractivity contribution is -0.0564. The first kappa shape index (κ1) is 14.8. The fraction of sp³-hybridized carbons (Fsp3) is 0.562. The van der Waals surface area contributed by atoms with Crippen molar-refractivity contribution in [3.05, 3.63) is 29.8 Å². The lowest BCUT2D eigenvalue weighted by Crippen LogP contribution is -2.47. The molecular weight excluding hydrogens is 252 g/mol. The summed E-state index contributed by atoms with van der Waals surface area (Å²) in [5.74, 6) is 0.831. The van der Waals surface area contributed by atoms with E-state index < -0.39 is 0 Å². The van der Waals surface area contributed by atoms with Gasteiger partial charge in [0.1, 0.15) is 18.5 Å². The van der Waals surface area contributed by atoms with Gasteiger partial charge in [0.25, 0.3) is 0 Å². The molecule has 1 heterocycles. The maximum atomic E-state index is 8.63. The second-order valence-corrected chi connectivity index (χ2v) is 5.37. The minimum Gasteiger partial charge on any atom is -0.491 e. The molecule has 1 fully saturated rings. The van der Waals surface area contributed by atoms with Crippen molar-refractivity contribution in [1.82, 2.24) is 4.90 Å². The zero-order valence-electron chi connectivity index (χ0n) is 12.2. The van der Waals surface area contributed by atoms with Gasteiger partial charge in [-0.2, -0.15) is 5.26 Å². The van der Waals surface area contributed by atoms with Gasteiger partial charge >= 0.3 is 0 Å². The molecule has 0 aliphatic carbocycles. The first-order valence-corrected chi connectivity index (χ1v) is 7.13. The summed E-state index contributed by atoms with van der Waals surface area (Å²) in [5, 5.41) is 8.63. The van der Waals surface area contributed by atoms with E-state index in [0.717, 1.165) is 31.0 Å². The molecule has 1 atom stereocenters. The van der Waals surface area contributed by atoms with Crippen molar-refractivity contribution in [2.45, 2.75) is 32.4 Å². The molecule has 20 heavy (non-hydrogen) atoms. The quantitative estimate of drug-likeness (QED) is 0.826.